The molecule has 158 valence electrons. The van der Waals surface area contributed by atoms with Gasteiger partial charge in [-0.3, -0.25) is 14.4 Å². The van der Waals surface area contributed by atoms with Gasteiger partial charge in [0, 0.05) is 17.1 Å². The van der Waals surface area contributed by atoms with Crippen molar-refractivity contribution in [3.63, 3.8) is 0 Å². The summed E-state index contributed by atoms with van der Waals surface area (Å²) in [4.78, 5) is 46.9. The van der Waals surface area contributed by atoms with Crippen LogP contribution in [0.15, 0.2) is 42.5 Å². The van der Waals surface area contributed by atoms with E-state index in [4.69, 9.17) is 27.9 Å². The van der Waals surface area contributed by atoms with E-state index in [1.165, 1.54) is 37.4 Å². The fraction of sp³-hybridized carbons (Fsp3) is 0.200. The zero-order chi connectivity index (χ0) is 22.1. The maximum atomic E-state index is 11.9. The Labute approximate surface area is 182 Å². The molecule has 10 heteroatoms. The number of hydrogen-bond donors (Lipinski definition) is 2. The highest BCUT2D eigenvalue weighted by molar-refractivity contribution is 6.36. The normalized spacial score (nSPS) is 10.1. The van der Waals surface area contributed by atoms with E-state index >= 15 is 0 Å². The van der Waals surface area contributed by atoms with E-state index in [1.807, 2.05) is 0 Å². The lowest BCUT2D eigenvalue weighted by molar-refractivity contribution is -0.147. The molecule has 0 unspecified atom stereocenters. The molecule has 0 heterocycles. The SMILES string of the molecule is COC(=O)c1ccc(NC(=O)COC(=O)CCC(=O)Nc2ccc(Cl)cc2Cl)cc1. The molecular formula is C20H18Cl2N2O6. The fourth-order valence-electron chi connectivity index (χ4n) is 2.24. The number of ether oxygens (including phenoxy) is 2. The number of carbonyl (C=O) groups excluding carboxylic acids is 4. The van der Waals surface area contributed by atoms with Crippen molar-refractivity contribution in [1.82, 2.24) is 0 Å². The zero-order valence-electron chi connectivity index (χ0n) is 15.9. The van der Waals surface area contributed by atoms with Crippen molar-refractivity contribution in [2.45, 2.75) is 12.8 Å². The Balaban J connectivity index is 1.71. The van der Waals surface area contributed by atoms with Crippen molar-refractivity contribution in [2.24, 2.45) is 0 Å². The van der Waals surface area contributed by atoms with Gasteiger partial charge in [0.05, 0.1) is 29.8 Å². The predicted octanol–water partition coefficient (Wildman–Crippen LogP) is 3.68. The molecule has 2 aromatic rings. The van der Waals surface area contributed by atoms with E-state index in [-0.39, 0.29) is 17.9 Å². The molecule has 30 heavy (non-hydrogen) atoms. The summed E-state index contributed by atoms with van der Waals surface area (Å²) >= 11 is 11.7. The van der Waals surface area contributed by atoms with E-state index < -0.39 is 30.4 Å². The molecule has 0 spiro atoms. The molecule has 0 atom stereocenters. The first-order valence-electron chi connectivity index (χ1n) is 8.67. The van der Waals surface area contributed by atoms with Gasteiger partial charge in [-0.25, -0.2) is 4.79 Å². The Kier molecular flexibility index (Phi) is 8.64. The zero-order valence-corrected chi connectivity index (χ0v) is 17.4. The number of hydrogen-bond acceptors (Lipinski definition) is 6. The topological polar surface area (TPSA) is 111 Å². The summed E-state index contributed by atoms with van der Waals surface area (Å²) < 4.78 is 9.43. The van der Waals surface area contributed by atoms with Crippen molar-refractivity contribution >= 4 is 58.3 Å². The molecule has 0 aromatic heterocycles. The van der Waals surface area contributed by atoms with Crippen LogP contribution in [0.2, 0.25) is 10.0 Å². The van der Waals surface area contributed by atoms with E-state index in [9.17, 15) is 19.2 Å². The van der Waals surface area contributed by atoms with Crippen molar-refractivity contribution in [1.29, 1.82) is 0 Å². The number of benzene rings is 2. The van der Waals surface area contributed by atoms with E-state index in [0.29, 0.717) is 22.0 Å². The molecule has 0 saturated carbocycles. The van der Waals surface area contributed by atoms with Gasteiger partial charge in [0.15, 0.2) is 6.61 Å². The standard InChI is InChI=1S/C20H18Cl2N2O6/c1-29-20(28)12-2-5-14(6-3-12)23-18(26)11-30-19(27)9-8-17(25)24-16-7-4-13(21)10-15(16)22/h2-7,10H,8-9,11H2,1H3,(H,23,26)(H,24,25). The number of carbonyl (C=O) groups is 4. The molecule has 2 amide bonds. The van der Waals surface area contributed by atoms with E-state index in [2.05, 4.69) is 15.4 Å². The fourth-order valence-corrected chi connectivity index (χ4v) is 2.70. The van der Waals surface area contributed by atoms with Crippen LogP contribution >= 0.6 is 23.2 Å². The minimum atomic E-state index is -0.705. The van der Waals surface area contributed by atoms with Crippen LogP contribution in [0, 0.1) is 0 Å². The highest BCUT2D eigenvalue weighted by Gasteiger charge is 2.12. The lowest BCUT2D eigenvalue weighted by atomic mass is 10.2. The number of methoxy groups -OCH3 is 1. The summed E-state index contributed by atoms with van der Waals surface area (Å²) in [6, 6.07) is 10.6. The number of rotatable bonds is 8. The first-order chi connectivity index (χ1) is 14.3. The molecule has 0 saturated heterocycles. The maximum absolute atomic E-state index is 11.9. The lowest BCUT2D eigenvalue weighted by Gasteiger charge is -2.08. The van der Waals surface area contributed by atoms with Crippen molar-refractivity contribution in [3.05, 3.63) is 58.1 Å². The summed E-state index contributed by atoms with van der Waals surface area (Å²) in [6.07, 6.45) is -0.355. The lowest BCUT2D eigenvalue weighted by Crippen LogP contribution is -2.21. The molecule has 8 nitrogen and oxygen atoms in total. The molecule has 0 bridgehead atoms. The minimum absolute atomic E-state index is 0.144. The minimum Gasteiger partial charge on any atom is -0.465 e. The van der Waals surface area contributed by atoms with Crippen LogP contribution in [0.1, 0.15) is 23.2 Å². The third-order valence-corrected chi connectivity index (χ3v) is 4.26. The smallest absolute Gasteiger partial charge is 0.337 e. The molecule has 2 aromatic carbocycles. The second-order valence-electron chi connectivity index (χ2n) is 5.95. The van der Waals surface area contributed by atoms with Crippen LogP contribution in [-0.4, -0.2) is 37.5 Å². The number of halogens is 2. The van der Waals surface area contributed by atoms with Crippen LogP contribution in [-0.2, 0) is 23.9 Å². The van der Waals surface area contributed by atoms with Gasteiger partial charge in [0.2, 0.25) is 5.91 Å². The summed E-state index contributed by atoms with van der Waals surface area (Å²) in [6.45, 7) is -0.512. The Morgan fingerprint density at radius 1 is 0.900 bits per heavy atom. The molecule has 0 aliphatic heterocycles. The van der Waals surface area contributed by atoms with Gasteiger partial charge in [-0.1, -0.05) is 23.2 Å². The molecule has 2 N–H and O–H groups in total. The quantitative estimate of drug-likeness (QED) is 0.590. The van der Waals surface area contributed by atoms with Crippen LogP contribution < -0.4 is 10.6 Å². The van der Waals surface area contributed by atoms with Crippen LogP contribution in [0.25, 0.3) is 0 Å². The summed E-state index contributed by atoms with van der Waals surface area (Å²) in [5.41, 5.74) is 1.13. The first-order valence-corrected chi connectivity index (χ1v) is 9.43. The van der Waals surface area contributed by atoms with Gasteiger partial charge in [-0.05, 0) is 42.5 Å². The van der Waals surface area contributed by atoms with Gasteiger partial charge >= 0.3 is 11.9 Å². The van der Waals surface area contributed by atoms with Gasteiger partial charge in [-0.15, -0.1) is 0 Å². The number of nitrogens with one attached hydrogen (secondary N) is 2. The Hall–Kier alpha value is -3.10. The van der Waals surface area contributed by atoms with E-state index in [1.54, 1.807) is 12.1 Å². The predicted molar refractivity (Wildman–Crippen MR) is 112 cm³/mol. The molecule has 2 rings (SSSR count). The highest BCUT2D eigenvalue weighted by atomic mass is 35.5. The van der Waals surface area contributed by atoms with E-state index in [0.717, 1.165) is 0 Å². The van der Waals surface area contributed by atoms with Gasteiger partial charge < -0.3 is 20.1 Å². The maximum Gasteiger partial charge on any atom is 0.337 e. The Bertz CT molecular complexity index is 947. The Morgan fingerprint density at radius 3 is 2.23 bits per heavy atom. The van der Waals surface area contributed by atoms with Crippen LogP contribution in [0.5, 0.6) is 0 Å². The number of amides is 2. The third kappa shape index (κ3) is 7.38. The average molecular weight is 453 g/mol. The molecular weight excluding hydrogens is 435 g/mol. The summed E-state index contributed by atoms with van der Waals surface area (Å²) in [7, 11) is 1.27. The summed E-state index contributed by atoms with van der Waals surface area (Å²) in [5.74, 6) is -2.20. The van der Waals surface area contributed by atoms with Crippen LogP contribution in [0.4, 0.5) is 11.4 Å². The molecule has 0 aliphatic carbocycles. The molecule has 0 radical (unpaired) electrons. The average Bonchev–Trinajstić information content (AvgIpc) is 2.72. The molecule has 0 fully saturated rings. The van der Waals surface area contributed by atoms with Crippen molar-refractivity contribution in [2.75, 3.05) is 24.4 Å². The number of anilines is 2. The largest absolute Gasteiger partial charge is 0.465 e. The second kappa shape index (κ2) is 11.2. The van der Waals surface area contributed by atoms with Gasteiger partial charge in [0.1, 0.15) is 0 Å². The van der Waals surface area contributed by atoms with Crippen molar-refractivity contribution in [3.8, 4) is 0 Å². The molecule has 0 aliphatic rings. The van der Waals surface area contributed by atoms with Crippen molar-refractivity contribution < 1.29 is 28.7 Å². The Morgan fingerprint density at radius 2 is 1.60 bits per heavy atom. The number of esters is 2. The third-order valence-electron chi connectivity index (χ3n) is 3.72. The van der Waals surface area contributed by atoms with Gasteiger partial charge in [0.25, 0.3) is 5.91 Å². The van der Waals surface area contributed by atoms with Gasteiger partial charge in [-0.2, -0.15) is 0 Å². The monoisotopic (exact) mass is 452 g/mol. The van der Waals surface area contributed by atoms with Crippen LogP contribution in [0.3, 0.4) is 0 Å². The first kappa shape index (κ1) is 23.2. The summed E-state index contributed by atoms with van der Waals surface area (Å²) in [5, 5.41) is 5.78. The second-order valence-corrected chi connectivity index (χ2v) is 6.79. The highest BCUT2D eigenvalue weighted by Crippen LogP contribution is 2.25.